The number of anilines is 1. The Balaban J connectivity index is 1.58. The molecule has 3 rings (SSSR count). The van der Waals surface area contributed by atoms with E-state index in [0.29, 0.717) is 20.3 Å². The summed E-state index contributed by atoms with van der Waals surface area (Å²) in [6, 6.07) is 9.78. The minimum atomic E-state index is -0.352. The Morgan fingerprint density at radius 2 is 2.03 bits per heavy atom. The number of nitrogens with zero attached hydrogens (tertiary/aromatic N) is 3. The fourth-order valence-corrected chi connectivity index (χ4v) is 4.67. The summed E-state index contributed by atoms with van der Waals surface area (Å²) in [6.45, 7) is 4.04. The molecular weight excluding hydrogens is 424 g/mol. The van der Waals surface area contributed by atoms with Crippen LogP contribution in [0, 0.1) is 5.92 Å². The Kier molecular flexibility index (Phi) is 7.29. The molecule has 2 amide bonds. The molecule has 150 valence electrons. The van der Waals surface area contributed by atoms with Gasteiger partial charge in [-0.15, -0.1) is 10.2 Å². The Bertz CT molecular complexity index is 967. The van der Waals surface area contributed by atoms with E-state index in [0.717, 1.165) is 17.0 Å². The number of aromatic nitrogens is 2. The van der Waals surface area contributed by atoms with E-state index in [1.807, 2.05) is 36.4 Å². The molecule has 2 heterocycles. The van der Waals surface area contributed by atoms with Gasteiger partial charge in [-0.2, -0.15) is 0 Å². The molecule has 1 aromatic heterocycles. The maximum absolute atomic E-state index is 12.6. The lowest BCUT2D eigenvalue weighted by molar-refractivity contribution is -0.126. The van der Waals surface area contributed by atoms with Gasteiger partial charge in [-0.05, 0) is 17.6 Å². The van der Waals surface area contributed by atoms with Gasteiger partial charge >= 0.3 is 0 Å². The summed E-state index contributed by atoms with van der Waals surface area (Å²) in [5.74, 6) is -0.162. The van der Waals surface area contributed by atoms with Crippen molar-refractivity contribution in [3.05, 3.63) is 58.0 Å². The highest BCUT2D eigenvalue weighted by atomic mass is 32.2. The molecule has 0 saturated carbocycles. The lowest BCUT2D eigenvalue weighted by atomic mass is 10.1. The highest BCUT2D eigenvalue weighted by molar-refractivity contribution is 8.26. The van der Waals surface area contributed by atoms with Gasteiger partial charge in [0.15, 0.2) is 0 Å². The number of carbonyl (C=O) groups excluding carboxylic acids is 2. The van der Waals surface area contributed by atoms with Crippen molar-refractivity contribution in [3.8, 4) is 0 Å². The quantitative estimate of drug-likeness (QED) is 0.511. The molecule has 1 aliphatic heterocycles. The van der Waals surface area contributed by atoms with E-state index in [2.05, 4.69) is 29.4 Å². The number of amides is 2. The number of nitrogens with one attached hydrogen (secondary N) is 1. The molecule has 0 atom stereocenters. The smallest absolute Gasteiger partial charge is 0.266 e. The zero-order valence-electron chi connectivity index (χ0n) is 16.0. The maximum atomic E-state index is 12.6. The molecule has 6 nitrogen and oxygen atoms in total. The number of hydrogen-bond donors (Lipinski definition) is 1. The molecule has 9 heteroatoms. The van der Waals surface area contributed by atoms with E-state index >= 15 is 0 Å². The van der Waals surface area contributed by atoms with Crippen LogP contribution in [0.1, 0.15) is 24.4 Å². The number of carbonyl (C=O) groups is 2. The summed E-state index contributed by atoms with van der Waals surface area (Å²) in [6.07, 6.45) is 6.24. The SMILES string of the molecule is CC(C)Cc1nnc(NC(=O)CN2C(=O)/C(=C/C=C/c3ccccc3)SC2=S)s1. The van der Waals surface area contributed by atoms with Gasteiger partial charge in [-0.1, -0.05) is 91.6 Å². The Labute approximate surface area is 183 Å². The van der Waals surface area contributed by atoms with Crippen molar-refractivity contribution in [1.82, 2.24) is 15.1 Å². The second-order valence-electron chi connectivity index (χ2n) is 6.71. The van der Waals surface area contributed by atoms with E-state index in [-0.39, 0.29) is 18.4 Å². The minimum absolute atomic E-state index is 0.149. The molecule has 2 aromatic rings. The average Bonchev–Trinajstić information content (AvgIpc) is 3.21. The lowest BCUT2D eigenvalue weighted by Crippen LogP contribution is -2.36. The van der Waals surface area contributed by atoms with Crippen molar-refractivity contribution in [2.45, 2.75) is 20.3 Å². The number of thiocarbonyl (C=S) groups is 1. The monoisotopic (exact) mass is 444 g/mol. The molecule has 0 unspecified atom stereocenters. The highest BCUT2D eigenvalue weighted by Crippen LogP contribution is 2.31. The molecule has 1 fully saturated rings. The van der Waals surface area contributed by atoms with Crippen LogP contribution in [0.2, 0.25) is 0 Å². The van der Waals surface area contributed by atoms with Gasteiger partial charge in [0.25, 0.3) is 5.91 Å². The van der Waals surface area contributed by atoms with Gasteiger partial charge in [0.2, 0.25) is 11.0 Å². The first kappa shape index (κ1) is 21.4. The van der Waals surface area contributed by atoms with Gasteiger partial charge in [-0.25, -0.2) is 0 Å². The fourth-order valence-electron chi connectivity index (χ4n) is 2.50. The van der Waals surface area contributed by atoms with Gasteiger partial charge in [0, 0.05) is 6.42 Å². The summed E-state index contributed by atoms with van der Waals surface area (Å²) in [4.78, 5) is 26.7. The van der Waals surface area contributed by atoms with Crippen molar-refractivity contribution >= 4 is 62.7 Å². The van der Waals surface area contributed by atoms with Crippen LogP contribution in [0.4, 0.5) is 5.13 Å². The zero-order chi connectivity index (χ0) is 20.8. The number of allylic oxidation sites excluding steroid dienone is 2. The Morgan fingerprint density at radius 1 is 1.28 bits per heavy atom. The predicted molar refractivity (Wildman–Crippen MR) is 123 cm³/mol. The van der Waals surface area contributed by atoms with Crippen molar-refractivity contribution in [2.24, 2.45) is 5.92 Å². The molecule has 0 bridgehead atoms. The van der Waals surface area contributed by atoms with Crippen LogP contribution in [-0.2, 0) is 16.0 Å². The van der Waals surface area contributed by atoms with Gasteiger partial charge < -0.3 is 0 Å². The Hall–Kier alpha value is -2.36. The van der Waals surface area contributed by atoms with E-state index in [1.54, 1.807) is 12.2 Å². The lowest BCUT2D eigenvalue weighted by Gasteiger charge is -2.12. The molecule has 0 aliphatic carbocycles. The largest absolute Gasteiger partial charge is 0.299 e. The minimum Gasteiger partial charge on any atom is -0.299 e. The first-order valence-corrected chi connectivity index (χ1v) is 11.1. The number of thioether (sulfide) groups is 1. The normalized spacial score (nSPS) is 15.8. The van der Waals surface area contributed by atoms with Crippen LogP contribution < -0.4 is 5.32 Å². The van der Waals surface area contributed by atoms with Crippen LogP contribution in [-0.4, -0.2) is 37.8 Å². The number of rotatable bonds is 7. The van der Waals surface area contributed by atoms with E-state index in [9.17, 15) is 9.59 Å². The van der Waals surface area contributed by atoms with E-state index in [1.165, 1.54) is 28.0 Å². The number of benzene rings is 1. The standard InChI is InChI=1S/C20H20N4O2S3/c1-13(2)11-17-22-23-19(29-17)21-16(25)12-24-18(26)15(28-20(24)27)10-6-9-14-7-4-3-5-8-14/h3-10,13H,11-12H2,1-2H3,(H,21,23,25)/b9-6+,15-10-. The van der Waals surface area contributed by atoms with Gasteiger partial charge in [-0.3, -0.25) is 19.8 Å². The van der Waals surface area contributed by atoms with Crippen LogP contribution in [0.3, 0.4) is 0 Å². The third kappa shape index (κ3) is 6.06. The molecule has 0 spiro atoms. The molecule has 29 heavy (non-hydrogen) atoms. The second kappa shape index (κ2) is 9.91. The van der Waals surface area contributed by atoms with Crippen LogP contribution in [0.5, 0.6) is 0 Å². The molecule has 0 radical (unpaired) electrons. The van der Waals surface area contributed by atoms with Crippen LogP contribution >= 0.6 is 35.3 Å². The molecule has 1 aromatic carbocycles. The Morgan fingerprint density at radius 3 is 2.76 bits per heavy atom. The van der Waals surface area contributed by atoms with Crippen LogP contribution in [0.15, 0.2) is 47.4 Å². The van der Waals surface area contributed by atoms with Crippen molar-refractivity contribution in [1.29, 1.82) is 0 Å². The van der Waals surface area contributed by atoms with Gasteiger partial charge in [0.05, 0.1) is 4.91 Å². The molecular formula is C20H20N4O2S3. The van der Waals surface area contributed by atoms with E-state index < -0.39 is 0 Å². The summed E-state index contributed by atoms with van der Waals surface area (Å²) >= 11 is 7.80. The van der Waals surface area contributed by atoms with Crippen LogP contribution in [0.25, 0.3) is 6.08 Å². The molecule has 1 N–H and O–H groups in total. The summed E-state index contributed by atoms with van der Waals surface area (Å²) < 4.78 is 0.363. The van der Waals surface area contributed by atoms with Gasteiger partial charge in [0.1, 0.15) is 15.9 Å². The summed E-state index contributed by atoms with van der Waals surface area (Å²) in [5.41, 5.74) is 1.03. The third-order valence-electron chi connectivity index (χ3n) is 3.81. The first-order valence-electron chi connectivity index (χ1n) is 9.01. The third-order valence-corrected chi connectivity index (χ3v) is 6.06. The first-order chi connectivity index (χ1) is 13.9. The second-order valence-corrected chi connectivity index (χ2v) is 9.44. The average molecular weight is 445 g/mol. The molecule has 1 aliphatic rings. The number of hydrogen-bond acceptors (Lipinski definition) is 7. The van der Waals surface area contributed by atoms with Crippen molar-refractivity contribution in [3.63, 3.8) is 0 Å². The summed E-state index contributed by atoms with van der Waals surface area (Å²) in [5, 5.41) is 12.0. The summed E-state index contributed by atoms with van der Waals surface area (Å²) in [7, 11) is 0. The van der Waals surface area contributed by atoms with E-state index in [4.69, 9.17) is 12.2 Å². The fraction of sp³-hybridized carbons (Fsp3) is 0.250. The topological polar surface area (TPSA) is 75.2 Å². The molecule has 1 saturated heterocycles. The predicted octanol–water partition coefficient (Wildman–Crippen LogP) is 4.13. The maximum Gasteiger partial charge on any atom is 0.266 e. The highest BCUT2D eigenvalue weighted by Gasteiger charge is 2.33. The van der Waals surface area contributed by atoms with Crippen molar-refractivity contribution in [2.75, 3.05) is 11.9 Å². The zero-order valence-corrected chi connectivity index (χ0v) is 18.4. The van der Waals surface area contributed by atoms with Crippen molar-refractivity contribution < 1.29 is 9.59 Å².